The fourth-order valence-corrected chi connectivity index (χ4v) is 2.36. The second-order valence-corrected chi connectivity index (χ2v) is 4.88. The summed E-state index contributed by atoms with van der Waals surface area (Å²) in [6.45, 7) is 4.14. The molecule has 1 aromatic carbocycles. The molecule has 0 unspecified atom stereocenters. The van der Waals surface area contributed by atoms with Gasteiger partial charge >= 0.3 is 0 Å². The van der Waals surface area contributed by atoms with E-state index in [4.69, 9.17) is 11.6 Å². The number of halogens is 1. The fourth-order valence-electron chi connectivity index (χ4n) is 2.09. The van der Waals surface area contributed by atoms with Crippen molar-refractivity contribution >= 4 is 23.1 Å². The second-order valence-electron chi connectivity index (χ2n) is 4.52. The van der Waals surface area contributed by atoms with Crippen LogP contribution in [0.1, 0.15) is 23.6 Å². The maximum Gasteiger partial charge on any atom is 0.272 e. The molecule has 0 spiro atoms. The van der Waals surface area contributed by atoms with Crippen LogP contribution in [0.2, 0.25) is 5.15 Å². The van der Waals surface area contributed by atoms with Gasteiger partial charge in [0.15, 0.2) is 0 Å². The number of benzene rings is 1. The molecule has 0 aliphatic rings. The molecule has 2 aromatic rings. The van der Waals surface area contributed by atoms with E-state index in [0.717, 1.165) is 11.1 Å². The largest absolute Gasteiger partial charge is 0.366 e. The summed E-state index contributed by atoms with van der Waals surface area (Å²) in [5, 5.41) is 14.5. The van der Waals surface area contributed by atoms with Gasteiger partial charge in [0.2, 0.25) is 0 Å². The van der Waals surface area contributed by atoms with E-state index in [2.05, 4.69) is 15.3 Å². The minimum absolute atomic E-state index is 0.116. The van der Waals surface area contributed by atoms with Crippen molar-refractivity contribution in [2.45, 2.75) is 26.8 Å². The molecule has 0 aliphatic heterocycles. The Hall–Kier alpha value is -2.21. The molecule has 0 radical (unpaired) electrons. The van der Waals surface area contributed by atoms with Gasteiger partial charge in [-0.05, 0) is 18.9 Å². The average molecular weight is 307 g/mol. The molecule has 1 aromatic heterocycles. The van der Waals surface area contributed by atoms with E-state index >= 15 is 0 Å². The molecule has 6 nitrogen and oxygen atoms in total. The van der Waals surface area contributed by atoms with Crippen LogP contribution in [0, 0.1) is 17.0 Å². The Balaban J connectivity index is 2.23. The van der Waals surface area contributed by atoms with E-state index in [1.165, 1.54) is 12.4 Å². The zero-order valence-corrected chi connectivity index (χ0v) is 12.5. The summed E-state index contributed by atoms with van der Waals surface area (Å²) in [4.78, 5) is 18.7. The Kier molecular flexibility index (Phi) is 4.70. The quantitative estimate of drug-likeness (QED) is 0.519. The summed E-state index contributed by atoms with van der Waals surface area (Å²) in [5.41, 5.74) is 2.45. The summed E-state index contributed by atoms with van der Waals surface area (Å²) in [6, 6.07) is 5.03. The molecule has 110 valence electrons. The number of nitro groups is 1. The number of hydrogen-bond acceptors (Lipinski definition) is 5. The maximum atomic E-state index is 10.9. The highest BCUT2D eigenvalue weighted by molar-refractivity contribution is 6.30. The monoisotopic (exact) mass is 306 g/mol. The van der Waals surface area contributed by atoms with Crippen LogP contribution in [0.4, 0.5) is 11.5 Å². The Morgan fingerprint density at radius 1 is 1.38 bits per heavy atom. The number of nitrogens with zero attached hydrogens (tertiary/aromatic N) is 3. The lowest BCUT2D eigenvalue weighted by Gasteiger charge is -2.12. The van der Waals surface area contributed by atoms with Gasteiger partial charge in [0.25, 0.3) is 5.69 Å². The number of nitrogens with one attached hydrogen (secondary N) is 1. The number of hydrogen-bond donors (Lipinski definition) is 1. The molecule has 2 rings (SSSR count). The zero-order valence-electron chi connectivity index (χ0n) is 11.8. The van der Waals surface area contributed by atoms with Crippen molar-refractivity contribution in [2.75, 3.05) is 5.32 Å². The van der Waals surface area contributed by atoms with Gasteiger partial charge in [-0.2, -0.15) is 0 Å². The predicted molar refractivity (Wildman–Crippen MR) is 81.6 cm³/mol. The van der Waals surface area contributed by atoms with Crippen molar-refractivity contribution in [2.24, 2.45) is 0 Å². The standard InChI is InChI=1S/C14H15ClN4O2/c1-3-11-13(15)17-8-18-14(11)16-7-10-5-4-6-12(9(10)2)19(20)21/h4-6,8H,3,7H2,1-2H3,(H,16,17,18). The van der Waals surface area contributed by atoms with Crippen molar-refractivity contribution in [1.82, 2.24) is 9.97 Å². The highest BCUT2D eigenvalue weighted by Gasteiger charge is 2.14. The first-order valence-corrected chi connectivity index (χ1v) is 6.88. The lowest BCUT2D eigenvalue weighted by atomic mass is 10.1. The van der Waals surface area contributed by atoms with Crippen molar-refractivity contribution in [3.05, 3.63) is 56.5 Å². The van der Waals surface area contributed by atoms with Gasteiger partial charge in [-0.15, -0.1) is 0 Å². The number of anilines is 1. The van der Waals surface area contributed by atoms with Crippen LogP contribution in [-0.2, 0) is 13.0 Å². The molecule has 0 atom stereocenters. The zero-order chi connectivity index (χ0) is 15.4. The highest BCUT2D eigenvalue weighted by Crippen LogP contribution is 2.24. The Labute approximate surface area is 127 Å². The van der Waals surface area contributed by atoms with E-state index in [1.807, 2.05) is 13.0 Å². The lowest BCUT2D eigenvalue weighted by Crippen LogP contribution is -2.07. The molecule has 1 N–H and O–H groups in total. The Morgan fingerprint density at radius 2 is 2.14 bits per heavy atom. The third kappa shape index (κ3) is 3.28. The Bertz CT molecular complexity index is 676. The van der Waals surface area contributed by atoms with Gasteiger partial charge in [-0.1, -0.05) is 30.7 Å². The SMILES string of the molecule is CCc1c(Cl)ncnc1NCc1cccc([N+](=O)[O-])c1C. The van der Waals surface area contributed by atoms with E-state index in [9.17, 15) is 10.1 Å². The van der Waals surface area contributed by atoms with E-state index in [1.54, 1.807) is 13.0 Å². The van der Waals surface area contributed by atoms with Crippen molar-refractivity contribution < 1.29 is 4.92 Å². The van der Waals surface area contributed by atoms with Crippen LogP contribution in [0.15, 0.2) is 24.5 Å². The first-order valence-electron chi connectivity index (χ1n) is 6.50. The lowest BCUT2D eigenvalue weighted by molar-refractivity contribution is -0.385. The molecular formula is C14H15ClN4O2. The summed E-state index contributed by atoms with van der Waals surface area (Å²) in [7, 11) is 0. The summed E-state index contributed by atoms with van der Waals surface area (Å²) in [5.74, 6) is 0.656. The Morgan fingerprint density at radius 3 is 2.81 bits per heavy atom. The molecule has 1 heterocycles. The average Bonchev–Trinajstić information content (AvgIpc) is 2.46. The van der Waals surface area contributed by atoms with Crippen molar-refractivity contribution in [1.29, 1.82) is 0 Å². The van der Waals surface area contributed by atoms with E-state index in [-0.39, 0.29) is 10.6 Å². The van der Waals surface area contributed by atoms with Crippen LogP contribution >= 0.6 is 11.6 Å². The normalized spacial score (nSPS) is 10.4. The molecule has 0 bridgehead atoms. The van der Waals surface area contributed by atoms with Crippen molar-refractivity contribution in [3.63, 3.8) is 0 Å². The molecule has 0 amide bonds. The first kappa shape index (κ1) is 15.2. The van der Waals surface area contributed by atoms with E-state index in [0.29, 0.717) is 29.5 Å². The molecule has 0 saturated heterocycles. The molecule has 0 fully saturated rings. The molecular weight excluding hydrogens is 292 g/mol. The molecule has 7 heteroatoms. The third-order valence-corrected chi connectivity index (χ3v) is 3.63. The molecule has 21 heavy (non-hydrogen) atoms. The summed E-state index contributed by atoms with van der Waals surface area (Å²) >= 11 is 6.03. The van der Waals surface area contributed by atoms with Crippen LogP contribution in [0.25, 0.3) is 0 Å². The highest BCUT2D eigenvalue weighted by atomic mass is 35.5. The van der Waals surface area contributed by atoms with Gasteiger partial charge in [-0.25, -0.2) is 9.97 Å². The number of rotatable bonds is 5. The maximum absolute atomic E-state index is 10.9. The predicted octanol–water partition coefficient (Wildman–Crippen LogP) is 3.52. The number of nitro benzene ring substituents is 1. The number of aromatic nitrogens is 2. The van der Waals surface area contributed by atoms with Crippen LogP contribution in [0.3, 0.4) is 0 Å². The fraction of sp³-hybridized carbons (Fsp3) is 0.286. The van der Waals surface area contributed by atoms with Gasteiger partial charge in [0.1, 0.15) is 17.3 Å². The molecule has 0 aliphatic carbocycles. The molecule has 0 saturated carbocycles. The van der Waals surface area contributed by atoms with Crippen LogP contribution in [-0.4, -0.2) is 14.9 Å². The van der Waals surface area contributed by atoms with E-state index < -0.39 is 0 Å². The van der Waals surface area contributed by atoms with Gasteiger partial charge in [-0.3, -0.25) is 10.1 Å². The third-order valence-electron chi connectivity index (χ3n) is 3.31. The van der Waals surface area contributed by atoms with Crippen LogP contribution in [0.5, 0.6) is 0 Å². The topological polar surface area (TPSA) is 81.0 Å². The minimum atomic E-state index is -0.377. The van der Waals surface area contributed by atoms with Gasteiger partial charge in [0, 0.05) is 23.7 Å². The van der Waals surface area contributed by atoms with Gasteiger partial charge < -0.3 is 5.32 Å². The van der Waals surface area contributed by atoms with Crippen molar-refractivity contribution in [3.8, 4) is 0 Å². The smallest absolute Gasteiger partial charge is 0.272 e. The first-order chi connectivity index (χ1) is 10.0. The van der Waals surface area contributed by atoms with Gasteiger partial charge in [0.05, 0.1) is 4.92 Å². The second kappa shape index (κ2) is 6.49. The summed E-state index contributed by atoms with van der Waals surface area (Å²) < 4.78 is 0. The summed E-state index contributed by atoms with van der Waals surface area (Å²) in [6.07, 6.45) is 2.10. The minimum Gasteiger partial charge on any atom is -0.366 e. The van der Waals surface area contributed by atoms with Crippen LogP contribution < -0.4 is 5.32 Å².